The second kappa shape index (κ2) is 7.31. The molecule has 120 valence electrons. The molecule has 0 bridgehead atoms. The van der Waals surface area contributed by atoms with Gasteiger partial charge in [0.05, 0.1) is 11.1 Å². The van der Waals surface area contributed by atoms with Crippen molar-refractivity contribution in [3.63, 3.8) is 0 Å². The summed E-state index contributed by atoms with van der Waals surface area (Å²) in [7, 11) is 0. The molecule has 0 aromatic heterocycles. The molecule has 0 fully saturated rings. The maximum atomic E-state index is 12.0. The maximum Gasteiger partial charge on any atom is 0.338 e. The third kappa shape index (κ3) is 4.74. The SMILES string of the molecule is CC(COC(=O)c1ccccc1)OC(=O)c1cc(N)cc(N)c1. The van der Waals surface area contributed by atoms with Crippen molar-refractivity contribution in [2.75, 3.05) is 18.1 Å². The van der Waals surface area contributed by atoms with E-state index < -0.39 is 18.0 Å². The van der Waals surface area contributed by atoms with E-state index in [0.29, 0.717) is 16.9 Å². The Labute approximate surface area is 134 Å². The zero-order valence-electron chi connectivity index (χ0n) is 12.7. The Morgan fingerprint density at radius 1 is 0.957 bits per heavy atom. The van der Waals surface area contributed by atoms with E-state index in [0.717, 1.165) is 0 Å². The molecule has 0 aliphatic rings. The van der Waals surface area contributed by atoms with Gasteiger partial charge in [0.1, 0.15) is 12.7 Å². The first-order valence-electron chi connectivity index (χ1n) is 7.05. The van der Waals surface area contributed by atoms with Gasteiger partial charge in [-0.25, -0.2) is 9.59 Å². The van der Waals surface area contributed by atoms with Crippen molar-refractivity contribution in [3.8, 4) is 0 Å². The lowest BCUT2D eigenvalue weighted by Gasteiger charge is -2.14. The number of hydrogen-bond acceptors (Lipinski definition) is 6. The summed E-state index contributed by atoms with van der Waals surface area (Å²) in [6.45, 7) is 1.59. The first kappa shape index (κ1) is 16.4. The van der Waals surface area contributed by atoms with Crippen LogP contribution in [0.15, 0.2) is 48.5 Å². The minimum atomic E-state index is -0.599. The topological polar surface area (TPSA) is 105 Å². The molecule has 0 heterocycles. The second-order valence-electron chi connectivity index (χ2n) is 5.07. The molecule has 0 saturated carbocycles. The number of esters is 2. The van der Waals surface area contributed by atoms with Gasteiger partial charge in [-0.1, -0.05) is 18.2 Å². The summed E-state index contributed by atoms with van der Waals surface area (Å²) in [5.41, 5.74) is 12.7. The van der Waals surface area contributed by atoms with E-state index >= 15 is 0 Å². The Morgan fingerprint density at radius 3 is 2.17 bits per heavy atom. The normalized spacial score (nSPS) is 11.5. The Morgan fingerprint density at radius 2 is 1.57 bits per heavy atom. The molecule has 0 amide bonds. The molecule has 0 radical (unpaired) electrons. The van der Waals surface area contributed by atoms with Gasteiger partial charge < -0.3 is 20.9 Å². The van der Waals surface area contributed by atoms with Gasteiger partial charge in [0, 0.05) is 11.4 Å². The Balaban J connectivity index is 1.88. The monoisotopic (exact) mass is 314 g/mol. The molecule has 1 unspecified atom stereocenters. The van der Waals surface area contributed by atoms with Crippen LogP contribution in [0.4, 0.5) is 11.4 Å². The molecule has 0 spiro atoms. The fraction of sp³-hybridized carbons (Fsp3) is 0.176. The second-order valence-corrected chi connectivity index (χ2v) is 5.07. The summed E-state index contributed by atoms with van der Waals surface area (Å²) in [5.74, 6) is -1.05. The van der Waals surface area contributed by atoms with Crippen LogP contribution in [0.25, 0.3) is 0 Å². The predicted octanol–water partition coefficient (Wildman–Crippen LogP) is 2.25. The van der Waals surface area contributed by atoms with Crippen molar-refractivity contribution in [1.82, 2.24) is 0 Å². The third-order valence-electron chi connectivity index (χ3n) is 2.98. The van der Waals surface area contributed by atoms with Gasteiger partial charge in [0.15, 0.2) is 0 Å². The van der Waals surface area contributed by atoms with Gasteiger partial charge in [-0.3, -0.25) is 0 Å². The van der Waals surface area contributed by atoms with Crippen LogP contribution < -0.4 is 11.5 Å². The summed E-state index contributed by atoms with van der Waals surface area (Å²) in [6.07, 6.45) is -0.599. The van der Waals surface area contributed by atoms with Gasteiger partial charge in [0.2, 0.25) is 0 Å². The third-order valence-corrected chi connectivity index (χ3v) is 2.98. The van der Waals surface area contributed by atoms with Gasteiger partial charge in [0.25, 0.3) is 0 Å². The molecule has 6 heteroatoms. The van der Waals surface area contributed by atoms with Crippen molar-refractivity contribution >= 4 is 23.3 Å². The standard InChI is InChI=1S/C17H18N2O4/c1-11(10-22-16(20)12-5-3-2-4-6-12)23-17(21)13-7-14(18)9-15(19)8-13/h2-9,11H,10,18-19H2,1H3. The Bertz CT molecular complexity index is 681. The first-order chi connectivity index (χ1) is 11.0. The highest BCUT2D eigenvalue weighted by molar-refractivity contribution is 5.92. The van der Waals surface area contributed by atoms with Crippen molar-refractivity contribution in [2.45, 2.75) is 13.0 Å². The van der Waals surface area contributed by atoms with Crippen molar-refractivity contribution < 1.29 is 19.1 Å². The summed E-state index contributed by atoms with van der Waals surface area (Å²) in [4.78, 5) is 23.8. The first-order valence-corrected chi connectivity index (χ1v) is 7.05. The average Bonchev–Trinajstić information content (AvgIpc) is 2.52. The molecular weight excluding hydrogens is 296 g/mol. The smallest absolute Gasteiger partial charge is 0.338 e. The largest absolute Gasteiger partial charge is 0.458 e. The zero-order chi connectivity index (χ0) is 16.8. The lowest BCUT2D eigenvalue weighted by atomic mass is 10.2. The van der Waals surface area contributed by atoms with Crippen LogP contribution in [0.1, 0.15) is 27.6 Å². The Kier molecular flexibility index (Phi) is 5.19. The summed E-state index contributed by atoms with van der Waals surface area (Å²) < 4.78 is 10.3. The van der Waals surface area contributed by atoms with Crippen LogP contribution in [0, 0.1) is 0 Å². The van der Waals surface area contributed by atoms with E-state index in [1.807, 2.05) is 0 Å². The molecule has 2 aromatic carbocycles. The van der Waals surface area contributed by atoms with E-state index in [4.69, 9.17) is 20.9 Å². The van der Waals surface area contributed by atoms with E-state index in [2.05, 4.69) is 0 Å². The van der Waals surface area contributed by atoms with E-state index in [1.165, 1.54) is 12.1 Å². The Hall–Kier alpha value is -3.02. The number of nitrogens with two attached hydrogens (primary N) is 2. The molecule has 0 saturated heterocycles. The molecule has 1 atom stereocenters. The fourth-order valence-corrected chi connectivity index (χ4v) is 1.93. The van der Waals surface area contributed by atoms with E-state index in [1.54, 1.807) is 43.3 Å². The highest BCUT2D eigenvalue weighted by atomic mass is 16.6. The van der Waals surface area contributed by atoms with Crippen LogP contribution >= 0.6 is 0 Å². The molecule has 0 aliphatic heterocycles. The minimum absolute atomic E-state index is 0.0444. The average molecular weight is 314 g/mol. The van der Waals surface area contributed by atoms with Crippen LogP contribution in [0.3, 0.4) is 0 Å². The maximum absolute atomic E-state index is 12.0. The molecular formula is C17H18N2O4. The number of carbonyl (C=O) groups excluding carboxylic acids is 2. The van der Waals surface area contributed by atoms with Gasteiger partial charge in [-0.05, 0) is 37.3 Å². The lowest BCUT2D eigenvalue weighted by Crippen LogP contribution is -2.22. The minimum Gasteiger partial charge on any atom is -0.458 e. The summed E-state index contributed by atoms with van der Waals surface area (Å²) in [6, 6.07) is 13.1. The number of rotatable bonds is 5. The molecule has 23 heavy (non-hydrogen) atoms. The van der Waals surface area contributed by atoms with E-state index in [9.17, 15) is 9.59 Å². The van der Waals surface area contributed by atoms with Crippen LogP contribution in [0.5, 0.6) is 0 Å². The number of benzene rings is 2. The number of ether oxygens (including phenoxy) is 2. The van der Waals surface area contributed by atoms with Gasteiger partial charge in [-0.15, -0.1) is 0 Å². The highest BCUT2D eigenvalue weighted by Crippen LogP contribution is 2.15. The number of carbonyl (C=O) groups is 2. The predicted molar refractivity (Wildman–Crippen MR) is 86.9 cm³/mol. The van der Waals surface area contributed by atoms with Gasteiger partial charge in [-0.2, -0.15) is 0 Å². The van der Waals surface area contributed by atoms with Crippen molar-refractivity contribution in [2.24, 2.45) is 0 Å². The van der Waals surface area contributed by atoms with E-state index in [-0.39, 0.29) is 12.2 Å². The lowest BCUT2D eigenvalue weighted by molar-refractivity contribution is 0.00449. The molecule has 4 N–H and O–H groups in total. The van der Waals surface area contributed by atoms with Crippen LogP contribution in [-0.4, -0.2) is 24.6 Å². The quantitative estimate of drug-likeness (QED) is 0.648. The number of anilines is 2. The summed E-state index contributed by atoms with van der Waals surface area (Å²) >= 11 is 0. The highest BCUT2D eigenvalue weighted by Gasteiger charge is 2.15. The molecule has 0 aliphatic carbocycles. The van der Waals surface area contributed by atoms with Crippen LogP contribution in [-0.2, 0) is 9.47 Å². The van der Waals surface area contributed by atoms with Crippen molar-refractivity contribution in [3.05, 3.63) is 59.7 Å². The summed E-state index contributed by atoms with van der Waals surface area (Å²) in [5, 5.41) is 0. The molecule has 2 rings (SSSR count). The zero-order valence-corrected chi connectivity index (χ0v) is 12.7. The van der Waals surface area contributed by atoms with Crippen LogP contribution in [0.2, 0.25) is 0 Å². The van der Waals surface area contributed by atoms with Gasteiger partial charge >= 0.3 is 11.9 Å². The molecule has 2 aromatic rings. The number of nitrogen functional groups attached to an aromatic ring is 2. The molecule has 6 nitrogen and oxygen atoms in total. The fourth-order valence-electron chi connectivity index (χ4n) is 1.93. The number of hydrogen-bond donors (Lipinski definition) is 2. The van der Waals surface area contributed by atoms with Crippen molar-refractivity contribution in [1.29, 1.82) is 0 Å².